The van der Waals surface area contributed by atoms with E-state index in [2.05, 4.69) is 9.82 Å². The molecule has 26 heavy (non-hydrogen) atoms. The minimum absolute atomic E-state index is 0.0422. The summed E-state index contributed by atoms with van der Waals surface area (Å²) < 4.78 is 41.5. The zero-order chi connectivity index (χ0) is 18.9. The normalized spacial score (nSPS) is 11.3. The number of rotatable bonds is 5. The number of carboxylic acids is 1. The van der Waals surface area contributed by atoms with Crippen molar-refractivity contribution in [2.24, 2.45) is 7.05 Å². The van der Waals surface area contributed by atoms with Gasteiger partial charge in [-0.2, -0.15) is 5.10 Å². The molecule has 0 aliphatic rings. The van der Waals surface area contributed by atoms with Crippen LogP contribution in [-0.2, 0) is 17.1 Å². The third kappa shape index (κ3) is 3.57. The molecular formula is C17H14FN3O4S. The first-order chi connectivity index (χ1) is 12.3. The lowest BCUT2D eigenvalue weighted by molar-refractivity contribution is 0.0697. The molecule has 0 amide bonds. The molecule has 1 aromatic heterocycles. The number of aromatic nitrogens is 2. The lowest BCUT2D eigenvalue weighted by Gasteiger charge is -2.09. The van der Waals surface area contributed by atoms with Crippen LogP contribution in [0.3, 0.4) is 0 Å². The fourth-order valence-electron chi connectivity index (χ4n) is 2.40. The van der Waals surface area contributed by atoms with Crippen molar-refractivity contribution in [2.45, 2.75) is 4.90 Å². The monoisotopic (exact) mass is 375 g/mol. The molecule has 0 spiro atoms. The number of nitrogens with zero attached hydrogens (tertiary/aromatic N) is 2. The Kier molecular flexibility index (Phi) is 4.47. The summed E-state index contributed by atoms with van der Waals surface area (Å²) in [6, 6.07) is 10.7. The summed E-state index contributed by atoms with van der Waals surface area (Å²) in [6.45, 7) is 0. The van der Waals surface area contributed by atoms with E-state index >= 15 is 0 Å². The van der Waals surface area contributed by atoms with Gasteiger partial charge in [-0.3, -0.25) is 9.40 Å². The van der Waals surface area contributed by atoms with Crippen LogP contribution in [0.1, 0.15) is 10.4 Å². The van der Waals surface area contributed by atoms with E-state index in [0.29, 0.717) is 5.56 Å². The Hall–Kier alpha value is -3.20. The van der Waals surface area contributed by atoms with Crippen LogP contribution in [0.4, 0.5) is 10.1 Å². The molecular weight excluding hydrogens is 361 g/mol. The molecule has 2 aromatic carbocycles. The standard InChI is InChI=1S/C17H14FN3O4S/c1-21-10-15(17(22)23)16(19-21)11-5-7-13(8-6-11)20-26(24,25)14-4-2-3-12(18)9-14/h2-10,20H,1H3,(H,22,23). The maximum absolute atomic E-state index is 13.2. The highest BCUT2D eigenvalue weighted by Crippen LogP contribution is 2.25. The highest BCUT2D eigenvalue weighted by Gasteiger charge is 2.17. The molecule has 0 saturated heterocycles. The second-order valence-electron chi connectivity index (χ2n) is 5.51. The summed E-state index contributed by atoms with van der Waals surface area (Å²) in [4.78, 5) is 11.1. The van der Waals surface area contributed by atoms with E-state index in [0.717, 1.165) is 12.1 Å². The van der Waals surface area contributed by atoms with E-state index in [1.807, 2.05) is 0 Å². The Morgan fingerprint density at radius 1 is 1.19 bits per heavy atom. The zero-order valence-corrected chi connectivity index (χ0v) is 14.4. The Labute approximate surface area is 148 Å². The quantitative estimate of drug-likeness (QED) is 0.714. The van der Waals surface area contributed by atoms with Crippen molar-refractivity contribution < 1.29 is 22.7 Å². The van der Waals surface area contributed by atoms with Crippen LogP contribution in [0.25, 0.3) is 11.3 Å². The van der Waals surface area contributed by atoms with E-state index in [1.165, 1.54) is 35.1 Å². The molecule has 3 aromatic rings. The average Bonchev–Trinajstić information content (AvgIpc) is 2.97. The third-order valence-corrected chi connectivity index (χ3v) is 4.96. The smallest absolute Gasteiger partial charge is 0.339 e. The first-order valence-electron chi connectivity index (χ1n) is 7.42. The average molecular weight is 375 g/mol. The van der Waals surface area contributed by atoms with Crippen molar-refractivity contribution in [1.29, 1.82) is 0 Å². The van der Waals surface area contributed by atoms with Crippen LogP contribution in [0.15, 0.2) is 59.6 Å². The number of carboxylic acid groups (broad SMARTS) is 1. The maximum Gasteiger partial charge on any atom is 0.339 e. The van der Waals surface area contributed by atoms with Crippen molar-refractivity contribution in [2.75, 3.05) is 4.72 Å². The molecule has 0 saturated carbocycles. The second kappa shape index (κ2) is 6.60. The Morgan fingerprint density at radius 2 is 1.88 bits per heavy atom. The topological polar surface area (TPSA) is 101 Å². The van der Waals surface area contributed by atoms with Crippen LogP contribution in [-0.4, -0.2) is 29.3 Å². The van der Waals surface area contributed by atoms with Gasteiger partial charge < -0.3 is 5.11 Å². The molecule has 0 unspecified atom stereocenters. The third-order valence-electron chi connectivity index (χ3n) is 3.58. The maximum atomic E-state index is 13.2. The van der Waals surface area contributed by atoms with Gasteiger partial charge in [0, 0.05) is 24.5 Å². The number of hydrogen-bond acceptors (Lipinski definition) is 4. The Morgan fingerprint density at radius 3 is 2.50 bits per heavy atom. The molecule has 0 aliphatic carbocycles. The van der Waals surface area contributed by atoms with Gasteiger partial charge in [0.05, 0.1) is 4.90 Å². The Bertz CT molecular complexity index is 1080. The van der Waals surface area contributed by atoms with E-state index < -0.39 is 21.8 Å². The van der Waals surface area contributed by atoms with Crippen LogP contribution in [0.5, 0.6) is 0 Å². The van der Waals surface area contributed by atoms with E-state index in [9.17, 15) is 22.7 Å². The van der Waals surface area contributed by atoms with Gasteiger partial charge in [-0.1, -0.05) is 18.2 Å². The molecule has 0 bridgehead atoms. The van der Waals surface area contributed by atoms with Gasteiger partial charge in [0.1, 0.15) is 17.1 Å². The summed E-state index contributed by atoms with van der Waals surface area (Å²) in [7, 11) is -2.33. The zero-order valence-electron chi connectivity index (χ0n) is 13.5. The summed E-state index contributed by atoms with van der Waals surface area (Å²) >= 11 is 0. The number of sulfonamides is 1. The number of halogens is 1. The summed E-state index contributed by atoms with van der Waals surface area (Å²) in [5, 5.41) is 13.3. The molecule has 0 aliphatic heterocycles. The number of hydrogen-bond donors (Lipinski definition) is 2. The number of nitrogens with one attached hydrogen (secondary N) is 1. The van der Waals surface area contributed by atoms with Crippen LogP contribution < -0.4 is 4.72 Å². The fraction of sp³-hybridized carbons (Fsp3) is 0.0588. The molecule has 0 fully saturated rings. The van der Waals surface area contributed by atoms with E-state index in [1.54, 1.807) is 19.2 Å². The van der Waals surface area contributed by atoms with Crippen molar-refractivity contribution in [3.63, 3.8) is 0 Å². The van der Waals surface area contributed by atoms with Crippen molar-refractivity contribution >= 4 is 21.7 Å². The highest BCUT2D eigenvalue weighted by atomic mass is 32.2. The molecule has 9 heteroatoms. The molecule has 7 nitrogen and oxygen atoms in total. The molecule has 2 N–H and O–H groups in total. The minimum Gasteiger partial charge on any atom is -0.478 e. The van der Waals surface area contributed by atoms with Gasteiger partial charge in [-0.15, -0.1) is 0 Å². The first-order valence-corrected chi connectivity index (χ1v) is 8.90. The van der Waals surface area contributed by atoms with Gasteiger partial charge >= 0.3 is 5.97 Å². The molecule has 0 radical (unpaired) electrons. The number of benzene rings is 2. The predicted molar refractivity (Wildman–Crippen MR) is 92.8 cm³/mol. The number of anilines is 1. The summed E-state index contributed by atoms with van der Waals surface area (Å²) in [5.41, 5.74) is 1.10. The first kappa shape index (κ1) is 17.6. The lowest BCUT2D eigenvalue weighted by atomic mass is 10.1. The number of aromatic carboxylic acids is 1. The minimum atomic E-state index is -3.93. The molecule has 3 rings (SSSR count). The van der Waals surface area contributed by atoms with Gasteiger partial charge in [-0.25, -0.2) is 17.6 Å². The molecule has 0 atom stereocenters. The Balaban J connectivity index is 1.88. The molecule has 134 valence electrons. The van der Waals surface area contributed by atoms with Crippen LogP contribution in [0, 0.1) is 5.82 Å². The van der Waals surface area contributed by atoms with Gasteiger partial charge in [0.2, 0.25) is 0 Å². The van der Waals surface area contributed by atoms with Gasteiger partial charge in [0.25, 0.3) is 10.0 Å². The number of carbonyl (C=O) groups is 1. The summed E-state index contributed by atoms with van der Waals surface area (Å²) in [6.07, 6.45) is 1.39. The number of aryl methyl sites for hydroxylation is 1. The van der Waals surface area contributed by atoms with Crippen LogP contribution >= 0.6 is 0 Å². The molecule has 1 heterocycles. The summed E-state index contributed by atoms with van der Waals surface area (Å²) in [5.74, 6) is -1.76. The van der Waals surface area contributed by atoms with Gasteiger partial charge in [-0.05, 0) is 30.3 Å². The largest absolute Gasteiger partial charge is 0.478 e. The predicted octanol–water partition coefficient (Wildman–Crippen LogP) is 2.73. The van der Waals surface area contributed by atoms with Crippen molar-refractivity contribution in [3.05, 3.63) is 66.1 Å². The van der Waals surface area contributed by atoms with E-state index in [4.69, 9.17) is 0 Å². The van der Waals surface area contributed by atoms with Crippen molar-refractivity contribution in [1.82, 2.24) is 9.78 Å². The second-order valence-corrected chi connectivity index (χ2v) is 7.19. The van der Waals surface area contributed by atoms with Crippen LogP contribution in [0.2, 0.25) is 0 Å². The van der Waals surface area contributed by atoms with E-state index in [-0.39, 0.29) is 21.8 Å². The SMILES string of the molecule is Cn1cc(C(=O)O)c(-c2ccc(NS(=O)(=O)c3cccc(F)c3)cc2)n1. The fourth-order valence-corrected chi connectivity index (χ4v) is 3.49. The lowest BCUT2D eigenvalue weighted by Crippen LogP contribution is -2.13. The van der Waals surface area contributed by atoms with Gasteiger partial charge in [0.15, 0.2) is 0 Å². The van der Waals surface area contributed by atoms with Crippen molar-refractivity contribution in [3.8, 4) is 11.3 Å². The highest BCUT2D eigenvalue weighted by molar-refractivity contribution is 7.92.